The Hall–Kier alpha value is -2.47. The number of halogens is 1. The zero-order valence-corrected chi connectivity index (χ0v) is 16.8. The molecule has 1 atom stereocenters. The molecule has 1 unspecified atom stereocenters. The van der Waals surface area contributed by atoms with E-state index in [1.54, 1.807) is 6.07 Å². The Kier molecular flexibility index (Phi) is 8.20. The lowest BCUT2D eigenvalue weighted by molar-refractivity contribution is 0.0925. The molecule has 27 heavy (non-hydrogen) atoms. The Morgan fingerprint density at radius 3 is 2.78 bits per heavy atom. The first-order chi connectivity index (χ1) is 13.0. The van der Waals surface area contributed by atoms with Gasteiger partial charge in [-0.1, -0.05) is 23.7 Å². The summed E-state index contributed by atoms with van der Waals surface area (Å²) in [4.78, 5) is 16.5. The minimum Gasteiger partial charge on any atom is -0.459 e. The maximum Gasteiger partial charge on any atom is 0.287 e. The number of benzene rings is 1. The number of furan rings is 1. The van der Waals surface area contributed by atoms with E-state index in [0.29, 0.717) is 23.9 Å². The quantitative estimate of drug-likeness (QED) is 0.365. The SMILES string of the molecule is CCNC(=NCCCNC(=O)c1occc1C)NC(C)c1cccc(Cl)c1. The fourth-order valence-corrected chi connectivity index (χ4v) is 2.74. The van der Waals surface area contributed by atoms with Crippen molar-refractivity contribution in [3.05, 3.63) is 58.5 Å². The predicted octanol–water partition coefficient (Wildman–Crippen LogP) is 3.68. The molecule has 2 rings (SSSR count). The van der Waals surface area contributed by atoms with Crippen molar-refractivity contribution >= 4 is 23.5 Å². The molecule has 1 heterocycles. The van der Waals surface area contributed by atoms with Gasteiger partial charge in [0.2, 0.25) is 0 Å². The van der Waals surface area contributed by atoms with Gasteiger partial charge in [-0.25, -0.2) is 0 Å². The predicted molar refractivity (Wildman–Crippen MR) is 109 cm³/mol. The minimum absolute atomic E-state index is 0.0723. The van der Waals surface area contributed by atoms with Crippen LogP contribution in [-0.2, 0) is 0 Å². The second-order valence-electron chi connectivity index (χ2n) is 6.22. The van der Waals surface area contributed by atoms with E-state index in [4.69, 9.17) is 16.0 Å². The summed E-state index contributed by atoms with van der Waals surface area (Å²) in [6.07, 6.45) is 2.25. The first-order valence-corrected chi connectivity index (χ1v) is 9.51. The summed E-state index contributed by atoms with van der Waals surface area (Å²) >= 11 is 6.06. The number of rotatable bonds is 8. The Morgan fingerprint density at radius 2 is 2.11 bits per heavy atom. The fourth-order valence-electron chi connectivity index (χ4n) is 2.54. The summed E-state index contributed by atoms with van der Waals surface area (Å²) in [6.45, 7) is 7.82. The normalized spacial score (nSPS) is 12.5. The Morgan fingerprint density at radius 1 is 1.30 bits per heavy atom. The van der Waals surface area contributed by atoms with Crippen LogP contribution in [0.25, 0.3) is 0 Å². The summed E-state index contributed by atoms with van der Waals surface area (Å²) in [6, 6.07) is 9.60. The molecule has 1 amide bonds. The largest absolute Gasteiger partial charge is 0.459 e. The smallest absolute Gasteiger partial charge is 0.287 e. The lowest BCUT2D eigenvalue weighted by Crippen LogP contribution is -2.39. The van der Waals surface area contributed by atoms with Gasteiger partial charge in [0.1, 0.15) is 0 Å². The highest BCUT2D eigenvalue weighted by molar-refractivity contribution is 6.30. The molecule has 0 aliphatic heterocycles. The standard InChI is InChI=1S/C20H27ClN4O2/c1-4-22-20(25-15(3)16-7-5-8-17(21)13-16)24-11-6-10-23-19(26)18-14(2)9-12-27-18/h5,7-9,12-13,15H,4,6,10-11H2,1-3H3,(H,23,26)(H2,22,24,25). The first-order valence-electron chi connectivity index (χ1n) is 9.14. The Bertz CT molecular complexity index is 773. The Balaban J connectivity index is 1.80. The topological polar surface area (TPSA) is 78.7 Å². The molecular weight excluding hydrogens is 364 g/mol. The molecule has 146 valence electrons. The van der Waals surface area contributed by atoms with Gasteiger partial charge in [0.15, 0.2) is 11.7 Å². The molecule has 7 heteroatoms. The lowest BCUT2D eigenvalue weighted by Gasteiger charge is -2.18. The van der Waals surface area contributed by atoms with Crippen molar-refractivity contribution < 1.29 is 9.21 Å². The molecule has 2 aromatic rings. The minimum atomic E-state index is -0.193. The van der Waals surface area contributed by atoms with Crippen LogP contribution in [0.2, 0.25) is 5.02 Å². The van der Waals surface area contributed by atoms with Crippen molar-refractivity contribution in [2.45, 2.75) is 33.2 Å². The van der Waals surface area contributed by atoms with E-state index in [1.165, 1.54) is 6.26 Å². The molecule has 0 fully saturated rings. The molecule has 0 aliphatic carbocycles. The average Bonchev–Trinajstić information content (AvgIpc) is 3.07. The highest BCUT2D eigenvalue weighted by Crippen LogP contribution is 2.17. The van der Waals surface area contributed by atoms with Gasteiger partial charge < -0.3 is 20.4 Å². The number of hydrogen-bond acceptors (Lipinski definition) is 3. The second kappa shape index (κ2) is 10.6. The molecule has 0 saturated carbocycles. The summed E-state index contributed by atoms with van der Waals surface area (Å²) in [5.74, 6) is 0.906. The van der Waals surface area contributed by atoms with E-state index in [1.807, 2.05) is 38.1 Å². The summed E-state index contributed by atoms with van der Waals surface area (Å²) < 4.78 is 5.18. The summed E-state index contributed by atoms with van der Waals surface area (Å²) in [5.41, 5.74) is 1.92. The van der Waals surface area contributed by atoms with Crippen molar-refractivity contribution in [3.8, 4) is 0 Å². The van der Waals surface area contributed by atoms with Crippen molar-refractivity contribution in [2.24, 2.45) is 4.99 Å². The van der Waals surface area contributed by atoms with Crippen LogP contribution in [0.15, 0.2) is 46.0 Å². The number of hydrogen-bond donors (Lipinski definition) is 3. The van der Waals surface area contributed by atoms with Gasteiger partial charge in [-0.15, -0.1) is 0 Å². The number of aryl methyl sites for hydroxylation is 1. The number of nitrogens with one attached hydrogen (secondary N) is 3. The van der Waals surface area contributed by atoms with Crippen LogP contribution >= 0.6 is 11.6 Å². The zero-order chi connectivity index (χ0) is 19.6. The average molecular weight is 391 g/mol. The monoisotopic (exact) mass is 390 g/mol. The summed E-state index contributed by atoms with van der Waals surface area (Å²) in [5, 5.41) is 10.2. The molecule has 0 saturated heterocycles. The van der Waals surface area contributed by atoms with Crippen LogP contribution in [0.1, 0.15) is 48.0 Å². The van der Waals surface area contributed by atoms with E-state index in [-0.39, 0.29) is 11.9 Å². The van der Waals surface area contributed by atoms with Gasteiger partial charge in [0.25, 0.3) is 5.91 Å². The molecule has 0 aliphatic rings. The van der Waals surface area contributed by atoms with Crippen LogP contribution in [0, 0.1) is 6.92 Å². The number of carbonyl (C=O) groups excluding carboxylic acids is 1. The third-order valence-corrected chi connectivity index (χ3v) is 4.24. The zero-order valence-electron chi connectivity index (χ0n) is 16.0. The molecular formula is C20H27ClN4O2. The van der Waals surface area contributed by atoms with E-state index < -0.39 is 0 Å². The molecule has 1 aromatic heterocycles. The van der Waals surface area contributed by atoms with Crippen LogP contribution in [0.5, 0.6) is 0 Å². The van der Waals surface area contributed by atoms with Gasteiger partial charge in [-0.05, 0) is 51.0 Å². The molecule has 0 radical (unpaired) electrons. The maximum atomic E-state index is 12.0. The molecule has 6 nitrogen and oxygen atoms in total. The van der Waals surface area contributed by atoms with Crippen LogP contribution < -0.4 is 16.0 Å². The van der Waals surface area contributed by atoms with Crippen molar-refractivity contribution in [1.29, 1.82) is 0 Å². The number of aliphatic imine (C=N–C) groups is 1. The van der Waals surface area contributed by atoms with Gasteiger partial charge in [-0.2, -0.15) is 0 Å². The van der Waals surface area contributed by atoms with Gasteiger partial charge in [0.05, 0.1) is 12.3 Å². The van der Waals surface area contributed by atoms with E-state index in [0.717, 1.165) is 30.1 Å². The first kappa shape index (κ1) is 20.8. The van der Waals surface area contributed by atoms with Gasteiger partial charge in [-0.3, -0.25) is 9.79 Å². The van der Waals surface area contributed by atoms with Crippen molar-refractivity contribution in [1.82, 2.24) is 16.0 Å². The van der Waals surface area contributed by atoms with Crippen LogP contribution in [-0.4, -0.2) is 31.5 Å². The third kappa shape index (κ3) is 6.64. The lowest BCUT2D eigenvalue weighted by atomic mass is 10.1. The fraction of sp³-hybridized carbons (Fsp3) is 0.400. The molecule has 0 bridgehead atoms. The highest BCUT2D eigenvalue weighted by Gasteiger charge is 2.11. The molecule has 1 aromatic carbocycles. The third-order valence-electron chi connectivity index (χ3n) is 4.00. The number of guanidine groups is 1. The van der Waals surface area contributed by atoms with Crippen LogP contribution in [0.4, 0.5) is 0 Å². The highest BCUT2D eigenvalue weighted by atomic mass is 35.5. The van der Waals surface area contributed by atoms with Crippen molar-refractivity contribution in [2.75, 3.05) is 19.6 Å². The van der Waals surface area contributed by atoms with E-state index >= 15 is 0 Å². The number of carbonyl (C=O) groups is 1. The molecule has 0 spiro atoms. The van der Waals surface area contributed by atoms with Gasteiger partial charge in [0, 0.05) is 30.2 Å². The Labute approximate surface area is 165 Å². The number of amides is 1. The number of nitrogens with zero attached hydrogens (tertiary/aromatic N) is 1. The molecule has 3 N–H and O–H groups in total. The van der Waals surface area contributed by atoms with E-state index in [9.17, 15) is 4.79 Å². The maximum absolute atomic E-state index is 12.0. The van der Waals surface area contributed by atoms with Gasteiger partial charge >= 0.3 is 0 Å². The van der Waals surface area contributed by atoms with E-state index in [2.05, 4.69) is 27.9 Å². The second-order valence-corrected chi connectivity index (χ2v) is 6.66. The summed E-state index contributed by atoms with van der Waals surface area (Å²) in [7, 11) is 0. The van der Waals surface area contributed by atoms with Crippen LogP contribution in [0.3, 0.4) is 0 Å². The van der Waals surface area contributed by atoms with Crippen molar-refractivity contribution in [3.63, 3.8) is 0 Å².